The van der Waals surface area contributed by atoms with Crippen molar-refractivity contribution in [2.75, 3.05) is 0 Å². The summed E-state index contributed by atoms with van der Waals surface area (Å²) in [6.45, 7) is 0. The lowest BCUT2D eigenvalue weighted by molar-refractivity contribution is 1.01. The Hall–Kier alpha value is -6.26. The van der Waals surface area contributed by atoms with Gasteiger partial charge in [0, 0.05) is 38.2 Å². The van der Waals surface area contributed by atoms with E-state index in [0.29, 0.717) is 5.95 Å². The molecule has 0 aliphatic carbocycles. The van der Waals surface area contributed by atoms with Gasteiger partial charge in [-0.3, -0.25) is 4.57 Å². The number of nitrogens with zero attached hydrogens (tertiary/aromatic N) is 4. The molecule has 0 N–H and O–H groups in total. The van der Waals surface area contributed by atoms with E-state index >= 15 is 0 Å². The molecule has 0 spiro atoms. The lowest BCUT2D eigenvalue weighted by Gasteiger charge is -2.14. The summed E-state index contributed by atoms with van der Waals surface area (Å²) in [5, 5.41) is 8.25. The maximum Gasteiger partial charge on any atom is 0.235 e. The molecule has 0 unspecified atom stereocenters. The average Bonchev–Trinajstić information content (AvgIpc) is 3.64. The summed E-state index contributed by atoms with van der Waals surface area (Å²) in [7, 11) is 0. The Labute approximate surface area is 264 Å². The summed E-state index contributed by atoms with van der Waals surface area (Å²) >= 11 is 0. The third kappa shape index (κ3) is 3.55. The molecule has 7 aromatic carbocycles. The van der Waals surface area contributed by atoms with Crippen molar-refractivity contribution in [3.63, 3.8) is 0 Å². The minimum absolute atomic E-state index is 0.664. The number of hydrogen-bond donors (Lipinski definition) is 0. The Balaban J connectivity index is 1.28. The Morgan fingerprint density at radius 3 is 1.67 bits per heavy atom. The fourth-order valence-electron chi connectivity index (χ4n) is 7.31. The monoisotopic (exact) mass is 586 g/mol. The van der Waals surface area contributed by atoms with Crippen molar-refractivity contribution in [1.29, 1.82) is 0 Å². The predicted octanol–water partition coefficient (Wildman–Crippen LogP) is 10.6. The van der Waals surface area contributed by atoms with Crippen molar-refractivity contribution < 1.29 is 0 Å². The van der Waals surface area contributed by atoms with Crippen molar-refractivity contribution in [3.8, 4) is 22.9 Å². The van der Waals surface area contributed by atoms with Crippen LogP contribution in [0.3, 0.4) is 0 Å². The van der Waals surface area contributed by atoms with Crippen LogP contribution in [0.15, 0.2) is 158 Å². The summed E-state index contributed by atoms with van der Waals surface area (Å²) in [5.74, 6) is 0.664. The molecule has 4 heteroatoms. The van der Waals surface area contributed by atoms with Crippen LogP contribution in [-0.2, 0) is 0 Å². The highest BCUT2D eigenvalue weighted by Gasteiger charge is 2.20. The SMILES string of the molecule is c1ccc(-c2nc(-n3c4ccccc4c4cc(-n5c6ccccc6c6ccccc65)ccc43)nc3ccc4ccccc4c23)cc1. The van der Waals surface area contributed by atoms with Crippen molar-refractivity contribution in [3.05, 3.63) is 158 Å². The fourth-order valence-corrected chi connectivity index (χ4v) is 7.31. The zero-order chi connectivity index (χ0) is 30.2. The van der Waals surface area contributed by atoms with E-state index in [1.807, 2.05) is 6.07 Å². The standard InChI is InChI=1S/C42H26N4/c1-2-13-28(14-3-1)41-40-30-15-5-4-12-27(30)22-24-35(40)43-42(44-41)46-38-21-11-8-18-33(38)34-26-29(23-25-39(34)46)45-36-19-9-6-16-31(36)32-17-7-10-20-37(32)45/h1-26H. The largest absolute Gasteiger partial charge is 0.309 e. The van der Waals surface area contributed by atoms with Gasteiger partial charge in [-0.2, -0.15) is 0 Å². The van der Waals surface area contributed by atoms with Gasteiger partial charge in [-0.25, -0.2) is 9.97 Å². The molecule has 0 atom stereocenters. The first-order valence-electron chi connectivity index (χ1n) is 15.6. The van der Waals surface area contributed by atoms with Crippen LogP contribution in [0.4, 0.5) is 0 Å². The number of hydrogen-bond acceptors (Lipinski definition) is 2. The summed E-state index contributed by atoms with van der Waals surface area (Å²) in [6.07, 6.45) is 0. The maximum absolute atomic E-state index is 5.36. The normalized spacial score (nSPS) is 11.9. The summed E-state index contributed by atoms with van der Waals surface area (Å²) in [4.78, 5) is 10.6. The van der Waals surface area contributed by atoms with E-state index in [9.17, 15) is 0 Å². The van der Waals surface area contributed by atoms with Crippen LogP contribution in [0.1, 0.15) is 0 Å². The van der Waals surface area contributed by atoms with Crippen LogP contribution < -0.4 is 0 Å². The van der Waals surface area contributed by atoms with E-state index < -0.39 is 0 Å². The zero-order valence-corrected chi connectivity index (χ0v) is 24.8. The first-order chi connectivity index (χ1) is 22.8. The van der Waals surface area contributed by atoms with Crippen LogP contribution in [-0.4, -0.2) is 19.1 Å². The molecule has 46 heavy (non-hydrogen) atoms. The van der Waals surface area contributed by atoms with Crippen LogP contribution in [0.5, 0.6) is 0 Å². The van der Waals surface area contributed by atoms with E-state index in [1.165, 1.54) is 38.0 Å². The number of fused-ring (bicyclic) bond motifs is 9. The number of aromatic nitrogens is 4. The molecular weight excluding hydrogens is 560 g/mol. The molecule has 214 valence electrons. The molecule has 0 saturated heterocycles. The molecule has 0 saturated carbocycles. The topological polar surface area (TPSA) is 35.6 Å². The van der Waals surface area contributed by atoms with Crippen molar-refractivity contribution >= 4 is 65.3 Å². The van der Waals surface area contributed by atoms with Crippen molar-refractivity contribution in [1.82, 2.24) is 19.1 Å². The average molecular weight is 587 g/mol. The fraction of sp³-hybridized carbons (Fsp3) is 0. The van der Waals surface area contributed by atoms with E-state index in [0.717, 1.165) is 44.3 Å². The highest BCUT2D eigenvalue weighted by molar-refractivity contribution is 6.14. The van der Waals surface area contributed by atoms with Gasteiger partial charge in [0.05, 0.1) is 33.3 Å². The second-order valence-electron chi connectivity index (χ2n) is 11.8. The lowest BCUT2D eigenvalue weighted by Crippen LogP contribution is -2.04. The van der Waals surface area contributed by atoms with Gasteiger partial charge in [0.25, 0.3) is 0 Å². The summed E-state index contributed by atoms with van der Waals surface area (Å²) in [5.41, 5.74) is 8.61. The molecule has 0 bridgehead atoms. The quantitative estimate of drug-likeness (QED) is 0.193. The molecule has 10 aromatic rings. The number of benzene rings is 7. The van der Waals surface area contributed by atoms with E-state index in [4.69, 9.17) is 9.97 Å². The van der Waals surface area contributed by atoms with Gasteiger partial charge in [0.15, 0.2) is 0 Å². The number of para-hydroxylation sites is 3. The van der Waals surface area contributed by atoms with Gasteiger partial charge in [0.1, 0.15) is 0 Å². The zero-order valence-electron chi connectivity index (χ0n) is 24.8. The first-order valence-corrected chi connectivity index (χ1v) is 15.6. The second-order valence-corrected chi connectivity index (χ2v) is 11.8. The van der Waals surface area contributed by atoms with Gasteiger partial charge >= 0.3 is 0 Å². The molecule has 0 radical (unpaired) electrons. The second kappa shape index (κ2) is 9.62. The van der Waals surface area contributed by atoms with Crippen molar-refractivity contribution in [2.24, 2.45) is 0 Å². The Morgan fingerprint density at radius 2 is 0.957 bits per heavy atom. The minimum Gasteiger partial charge on any atom is -0.309 e. The first kappa shape index (κ1) is 25.1. The minimum atomic E-state index is 0.664. The van der Waals surface area contributed by atoms with E-state index in [-0.39, 0.29) is 0 Å². The molecule has 3 aromatic heterocycles. The van der Waals surface area contributed by atoms with Gasteiger partial charge in [-0.05, 0) is 53.2 Å². The molecule has 0 fully saturated rings. The molecule has 10 rings (SSSR count). The molecule has 0 amide bonds. The number of rotatable bonds is 3. The predicted molar refractivity (Wildman–Crippen MR) is 191 cm³/mol. The molecule has 0 aliphatic rings. The molecule has 3 heterocycles. The van der Waals surface area contributed by atoms with Crippen LogP contribution >= 0.6 is 0 Å². The van der Waals surface area contributed by atoms with Gasteiger partial charge < -0.3 is 4.57 Å². The van der Waals surface area contributed by atoms with Crippen LogP contribution in [0, 0.1) is 0 Å². The van der Waals surface area contributed by atoms with E-state index in [2.05, 4.69) is 161 Å². The smallest absolute Gasteiger partial charge is 0.235 e. The van der Waals surface area contributed by atoms with Gasteiger partial charge in [-0.15, -0.1) is 0 Å². The Morgan fingerprint density at radius 1 is 0.391 bits per heavy atom. The highest BCUT2D eigenvalue weighted by Crippen LogP contribution is 2.38. The summed E-state index contributed by atoms with van der Waals surface area (Å²) in [6, 6.07) is 55.9. The molecular formula is C42H26N4. The third-order valence-corrected chi connectivity index (χ3v) is 9.32. The van der Waals surface area contributed by atoms with Crippen LogP contribution in [0.25, 0.3) is 88.2 Å². The van der Waals surface area contributed by atoms with Gasteiger partial charge in [-0.1, -0.05) is 115 Å². The van der Waals surface area contributed by atoms with E-state index in [1.54, 1.807) is 0 Å². The Bertz CT molecular complexity index is 2750. The van der Waals surface area contributed by atoms with Crippen LogP contribution in [0.2, 0.25) is 0 Å². The molecule has 4 nitrogen and oxygen atoms in total. The third-order valence-electron chi connectivity index (χ3n) is 9.32. The van der Waals surface area contributed by atoms with Crippen molar-refractivity contribution in [2.45, 2.75) is 0 Å². The highest BCUT2D eigenvalue weighted by atomic mass is 15.2. The van der Waals surface area contributed by atoms with Gasteiger partial charge in [0.2, 0.25) is 5.95 Å². The lowest BCUT2D eigenvalue weighted by atomic mass is 10.0. The summed E-state index contributed by atoms with van der Waals surface area (Å²) < 4.78 is 4.60. The Kier molecular flexibility index (Phi) is 5.25. The molecule has 0 aliphatic heterocycles. The maximum atomic E-state index is 5.36.